The number of hydrogen-bond acceptors (Lipinski definition) is 0. The number of rotatable bonds is 0. The molecule has 0 heteroatoms. The Kier molecular flexibility index (Phi) is 2.70. The van der Waals surface area contributed by atoms with Crippen molar-refractivity contribution >= 4 is 0 Å². The monoisotopic (exact) mass is 340 g/mol. The van der Waals surface area contributed by atoms with Crippen LogP contribution in [0.1, 0.15) is 27.8 Å². The van der Waals surface area contributed by atoms with Gasteiger partial charge < -0.3 is 0 Å². The molecule has 0 fully saturated rings. The van der Waals surface area contributed by atoms with Crippen LogP contribution in [0.5, 0.6) is 0 Å². The predicted octanol–water partition coefficient (Wildman–Crippen LogP) is 6.01. The average Bonchev–Trinajstić information content (AvgIpc) is 3.21. The number of fused-ring (bicyclic) bond motifs is 10. The lowest BCUT2D eigenvalue weighted by atomic mass is 9.70. The lowest BCUT2D eigenvalue weighted by molar-refractivity contribution is 0.793. The van der Waals surface area contributed by atoms with Gasteiger partial charge in [-0.05, 0) is 56.6 Å². The van der Waals surface area contributed by atoms with Crippen molar-refractivity contribution in [3.05, 3.63) is 119 Å². The Morgan fingerprint density at radius 2 is 0.963 bits per heavy atom. The predicted molar refractivity (Wildman–Crippen MR) is 111 cm³/mol. The van der Waals surface area contributed by atoms with Gasteiger partial charge in [-0.2, -0.15) is 0 Å². The van der Waals surface area contributed by atoms with Gasteiger partial charge in [0.15, 0.2) is 0 Å². The first-order valence-electron chi connectivity index (χ1n) is 9.26. The second-order valence-corrected chi connectivity index (χ2v) is 7.29. The number of benzene rings is 4. The molecular weight excluding hydrogens is 324 g/mol. The maximum atomic E-state index is 5.71. The maximum absolute atomic E-state index is 5.71. The molecule has 0 saturated heterocycles. The Bertz CT molecular complexity index is 1240. The fraction of sp³-hybridized carbons (Fsp3) is 0.0370. The van der Waals surface area contributed by atoms with E-state index in [1.54, 1.807) is 0 Å². The summed E-state index contributed by atoms with van der Waals surface area (Å²) in [6.45, 7) is 0. The van der Waals surface area contributed by atoms with Crippen molar-refractivity contribution in [2.45, 2.75) is 5.41 Å². The van der Waals surface area contributed by atoms with Crippen LogP contribution in [0.3, 0.4) is 0 Å². The molecule has 1 spiro atoms. The van der Waals surface area contributed by atoms with Crippen molar-refractivity contribution in [3.8, 4) is 34.6 Å². The molecule has 27 heavy (non-hydrogen) atoms. The first-order valence-corrected chi connectivity index (χ1v) is 9.26. The molecule has 0 aromatic heterocycles. The topological polar surface area (TPSA) is 0 Å². The van der Waals surface area contributed by atoms with Gasteiger partial charge in [0.2, 0.25) is 0 Å². The molecule has 2 aliphatic carbocycles. The van der Waals surface area contributed by atoms with Gasteiger partial charge in [-0.3, -0.25) is 0 Å². The molecule has 2 aliphatic rings. The molecule has 0 N–H and O–H groups in total. The molecule has 6 rings (SSSR count). The van der Waals surface area contributed by atoms with Crippen LogP contribution in [0, 0.1) is 12.3 Å². The quantitative estimate of drug-likeness (QED) is 0.297. The summed E-state index contributed by atoms with van der Waals surface area (Å²) in [5.41, 5.74) is 11.3. The van der Waals surface area contributed by atoms with Crippen LogP contribution in [-0.2, 0) is 5.41 Å². The summed E-state index contributed by atoms with van der Waals surface area (Å²) in [5.74, 6) is 2.80. The van der Waals surface area contributed by atoms with E-state index in [2.05, 4.69) is 96.9 Å². The summed E-state index contributed by atoms with van der Waals surface area (Å²) in [6, 6.07) is 32.9. The van der Waals surface area contributed by atoms with Gasteiger partial charge >= 0.3 is 0 Å². The Balaban J connectivity index is 1.85. The minimum atomic E-state index is -0.258. The minimum absolute atomic E-state index is 0.258. The highest BCUT2D eigenvalue weighted by molar-refractivity contribution is 5.95. The molecular formula is C27H16. The van der Waals surface area contributed by atoms with E-state index in [0.29, 0.717) is 0 Å². The maximum Gasteiger partial charge on any atom is 0.0725 e. The highest BCUT2D eigenvalue weighted by Crippen LogP contribution is 2.62. The van der Waals surface area contributed by atoms with E-state index >= 15 is 0 Å². The molecule has 0 nitrogen and oxygen atoms in total. The van der Waals surface area contributed by atoms with Gasteiger partial charge in [0.25, 0.3) is 0 Å². The average molecular weight is 340 g/mol. The van der Waals surface area contributed by atoms with Gasteiger partial charge in [0.05, 0.1) is 5.41 Å². The molecule has 0 unspecified atom stereocenters. The fourth-order valence-corrected chi connectivity index (χ4v) is 5.19. The van der Waals surface area contributed by atoms with E-state index < -0.39 is 0 Å². The lowest BCUT2D eigenvalue weighted by Crippen LogP contribution is -2.25. The zero-order valence-electron chi connectivity index (χ0n) is 14.7. The Labute approximate surface area is 159 Å². The molecule has 0 bridgehead atoms. The van der Waals surface area contributed by atoms with Crippen LogP contribution >= 0.6 is 0 Å². The Hall–Kier alpha value is -3.56. The summed E-state index contributed by atoms with van der Waals surface area (Å²) in [7, 11) is 0. The summed E-state index contributed by atoms with van der Waals surface area (Å²) in [5, 5.41) is 0. The second kappa shape index (κ2) is 5.00. The summed E-state index contributed by atoms with van der Waals surface area (Å²) < 4.78 is 0. The second-order valence-electron chi connectivity index (χ2n) is 7.29. The van der Waals surface area contributed by atoms with Gasteiger partial charge in [0.1, 0.15) is 0 Å². The molecule has 0 radical (unpaired) electrons. The van der Waals surface area contributed by atoms with Crippen molar-refractivity contribution in [1.82, 2.24) is 0 Å². The normalized spacial score (nSPS) is 14.2. The summed E-state index contributed by atoms with van der Waals surface area (Å²) in [6.07, 6.45) is 5.71. The highest BCUT2D eigenvalue weighted by Gasteiger charge is 2.51. The third-order valence-electron chi connectivity index (χ3n) is 6.16. The van der Waals surface area contributed by atoms with E-state index in [-0.39, 0.29) is 5.41 Å². The van der Waals surface area contributed by atoms with E-state index in [1.165, 1.54) is 44.5 Å². The summed E-state index contributed by atoms with van der Waals surface area (Å²) in [4.78, 5) is 0. The van der Waals surface area contributed by atoms with E-state index in [4.69, 9.17) is 6.42 Å². The van der Waals surface area contributed by atoms with Crippen LogP contribution in [0.25, 0.3) is 22.3 Å². The molecule has 124 valence electrons. The largest absolute Gasteiger partial charge is 0.115 e. The van der Waals surface area contributed by atoms with Crippen LogP contribution in [-0.4, -0.2) is 0 Å². The lowest BCUT2D eigenvalue weighted by Gasteiger charge is -2.30. The molecule has 0 heterocycles. The van der Waals surface area contributed by atoms with Crippen LogP contribution in [0.2, 0.25) is 0 Å². The van der Waals surface area contributed by atoms with Gasteiger partial charge in [-0.15, -0.1) is 6.42 Å². The van der Waals surface area contributed by atoms with Crippen LogP contribution in [0.15, 0.2) is 91.0 Å². The smallest absolute Gasteiger partial charge is 0.0725 e. The van der Waals surface area contributed by atoms with Crippen LogP contribution in [0.4, 0.5) is 0 Å². The Morgan fingerprint density at radius 3 is 1.48 bits per heavy atom. The van der Waals surface area contributed by atoms with Crippen molar-refractivity contribution in [2.75, 3.05) is 0 Å². The van der Waals surface area contributed by atoms with E-state index in [9.17, 15) is 0 Å². The van der Waals surface area contributed by atoms with Crippen molar-refractivity contribution in [2.24, 2.45) is 0 Å². The zero-order chi connectivity index (χ0) is 18.0. The molecule has 4 aromatic carbocycles. The molecule has 0 saturated carbocycles. The van der Waals surface area contributed by atoms with Gasteiger partial charge in [-0.1, -0.05) is 84.8 Å². The van der Waals surface area contributed by atoms with Crippen molar-refractivity contribution < 1.29 is 0 Å². The number of hydrogen-bond donors (Lipinski definition) is 0. The third kappa shape index (κ3) is 1.60. The van der Waals surface area contributed by atoms with Gasteiger partial charge in [-0.25, -0.2) is 0 Å². The van der Waals surface area contributed by atoms with E-state index in [0.717, 1.165) is 5.56 Å². The fourth-order valence-electron chi connectivity index (χ4n) is 5.19. The third-order valence-corrected chi connectivity index (χ3v) is 6.16. The van der Waals surface area contributed by atoms with Gasteiger partial charge in [0, 0.05) is 5.56 Å². The molecule has 4 aromatic rings. The van der Waals surface area contributed by atoms with Crippen LogP contribution < -0.4 is 0 Å². The van der Waals surface area contributed by atoms with E-state index in [1.807, 2.05) is 0 Å². The van der Waals surface area contributed by atoms with Crippen molar-refractivity contribution in [3.63, 3.8) is 0 Å². The highest BCUT2D eigenvalue weighted by atomic mass is 14.5. The molecule has 0 amide bonds. The zero-order valence-corrected chi connectivity index (χ0v) is 14.7. The Morgan fingerprint density at radius 1 is 0.519 bits per heavy atom. The van der Waals surface area contributed by atoms with Crippen molar-refractivity contribution in [1.29, 1.82) is 0 Å². The first kappa shape index (κ1) is 14.6. The standard InChI is InChI=1S/C27H16/c1-2-18-15-16-26-22(17-18)21-11-5-8-14-25(21)27(26)23-12-6-3-9-19(23)20-10-4-7-13-24(20)27/h1,3-17H. The SMILES string of the molecule is C#Cc1ccc2c(c1)-c1ccccc1C21c2ccccc2-c2ccccc21. The molecule has 0 atom stereocenters. The molecule has 0 aliphatic heterocycles. The first-order chi connectivity index (χ1) is 13.4. The number of terminal acetylenes is 1. The minimum Gasteiger partial charge on any atom is -0.115 e. The summed E-state index contributed by atoms with van der Waals surface area (Å²) >= 11 is 0.